The fraction of sp³-hybridized carbons (Fsp3) is 0.375. The second-order valence-electron chi connectivity index (χ2n) is 5.01. The van der Waals surface area contributed by atoms with Crippen LogP contribution >= 0.6 is 11.8 Å². The highest BCUT2D eigenvalue weighted by Gasteiger charge is 2.25. The zero-order chi connectivity index (χ0) is 16.3. The Morgan fingerprint density at radius 2 is 2.14 bits per heavy atom. The van der Waals surface area contributed by atoms with Crippen LogP contribution in [0.3, 0.4) is 0 Å². The second kappa shape index (κ2) is 6.87. The molecule has 2 aromatic heterocycles. The average molecular weight is 321 g/mol. The number of ether oxygens (including phenoxy) is 1. The van der Waals surface area contributed by atoms with Crippen LogP contribution in [0.5, 0.6) is 0 Å². The molecule has 2 aromatic rings. The highest BCUT2D eigenvalue weighted by Crippen LogP contribution is 2.25. The zero-order valence-corrected chi connectivity index (χ0v) is 13.9. The van der Waals surface area contributed by atoms with Gasteiger partial charge >= 0.3 is 5.97 Å². The van der Waals surface area contributed by atoms with Gasteiger partial charge in [-0.25, -0.2) is 4.79 Å². The summed E-state index contributed by atoms with van der Waals surface area (Å²) in [6.45, 7) is 5.37. The summed E-state index contributed by atoms with van der Waals surface area (Å²) in [5, 5.41) is -0.243. The molecule has 2 heterocycles. The number of carbonyl (C=O) groups excluding carboxylic acids is 2. The minimum Gasteiger partial charge on any atom is -0.468 e. The summed E-state index contributed by atoms with van der Waals surface area (Å²) in [7, 11) is 1.33. The van der Waals surface area contributed by atoms with E-state index in [-0.39, 0.29) is 11.0 Å². The SMILES string of the molecule is COC(=O)c1c(C)[nH]c(C(=O)C(C)SCc2ccco2)c1C. The lowest BCUT2D eigenvalue weighted by molar-refractivity contribution is 0.0599. The van der Waals surface area contributed by atoms with Gasteiger partial charge in [-0.2, -0.15) is 0 Å². The van der Waals surface area contributed by atoms with Gasteiger partial charge in [-0.15, -0.1) is 11.8 Å². The number of thioether (sulfide) groups is 1. The molecule has 22 heavy (non-hydrogen) atoms. The molecular weight excluding hydrogens is 302 g/mol. The molecule has 0 saturated carbocycles. The molecule has 0 aromatic carbocycles. The van der Waals surface area contributed by atoms with Gasteiger partial charge in [0.15, 0.2) is 5.78 Å². The minimum atomic E-state index is -0.429. The van der Waals surface area contributed by atoms with Crippen LogP contribution < -0.4 is 0 Å². The molecule has 0 aliphatic heterocycles. The number of H-pyrrole nitrogens is 1. The number of ketones is 1. The van der Waals surface area contributed by atoms with Crippen LogP contribution in [0.15, 0.2) is 22.8 Å². The topological polar surface area (TPSA) is 72.3 Å². The number of aromatic amines is 1. The molecule has 6 heteroatoms. The molecule has 1 N–H and O–H groups in total. The zero-order valence-electron chi connectivity index (χ0n) is 13.1. The maximum absolute atomic E-state index is 12.6. The maximum atomic E-state index is 12.6. The Labute approximate surface area is 133 Å². The highest BCUT2D eigenvalue weighted by atomic mass is 32.2. The summed E-state index contributed by atoms with van der Waals surface area (Å²) in [4.78, 5) is 27.4. The third-order valence-corrected chi connectivity index (χ3v) is 4.66. The van der Waals surface area contributed by atoms with Crippen LogP contribution in [0.25, 0.3) is 0 Å². The Balaban J connectivity index is 2.13. The van der Waals surface area contributed by atoms with Crippen LogP contribution in [-0.2, 0) is 10.5 Å². The van der Waals surface area contributed by atoms with Gasteiger partial charge in [-0.3, -0.25) is 4.79 Å². The van der Waals surface area contributed by atoms with Gasteiger partial charge in [0.2, 0.25) is 0 Å². The summed E-state index contributed by atoms with van der Waals surface area (Å²) in [6.07, 6.45) is 1.61. The van der Waals surface area contributed by atoms with E-state index in [0.717, 1.165) is 5.76 Å². The largest absolute Gasteiger partial charge is 0.468 e. The second-order valence-corrected chi connectivity index (χ2v) is 6.34. The van der Waals surface area contributed by atoms with Crippen LogP contribution in [0.4, 0.5) is 0 Å². The number of carbonyl (C=O) groups is 2. The summed E-state index contributed by atoms with van der Waals surface area (Å²) in [5.41, 5.74) is 2.20. The Bertz CT molecular complexity index is 673. The van der Waals surface area contributed by atoms with E-state index in [1.165, 1.54) is 18.9 Å². The third kappa shape index (κ3) is 3.27. The molecule has 0 amide bonds. The van der Waals surface area contributed by atoms with E-state index in [2.05, 4.69) is 4.98 Å². The van der Waals surface area contributed by atoms with Gasteiger partial charge < -0.3 is 14.1 Å². The first-order valence-electron chi connectivity index (χ1n) is 6.91. The molecule has 0 fully saturated rings. The van der Waals surface area contributed by atoms with Crippen molar-refractivity contribution < 1.29 is 18.7 Å². The van der Waals surface area contributed by atoms with Gasteiger partial charge in [0.1, 0.15) is 5.76 Å². The fourth-order valence-corrected chi connectivity index (χ4v) is 3.13. The molecular formula is C16H19NO4S. The van der Waals surface area contributed by atoms with Crippen molar-refractivity contribution in [2.45, 2.75) is 31.8 Å². The summed E-state index contributed by atoms with van der Waals surface area (Å²) < 4.78 is 10.0. The van der Waals surface area contributed by atoms with Crippen LogP contribution in [0, 0.1) is 13.8 Å². The smallest absolute Gasteiger partial charge is 0.339 e. The van der Waals surface area contributed by atoms with Crippen molar-refractivity contribution in [2.75, 3.05) is 7.11 Å². The molecule has 2 rings (SSSR count). The van der Waals surface area contributed by atoms with Gasteiger partial charge in [0.25, 0.3) is 0 Å². The first-order valence-corrected chi connectivity index (χ1v) is 7.96. The molecule has 1 atom stereocenters. The number of aryl methyl sites for hydroxylation is 1. The molecule has 118 valence electrons. The molecule has 0 bridgehead atoms. The highest BCUT2D eigenvalue weighted by molar-refractivity contribution is 7.99. The van der Waals surface area contributed by atoms with Gasteiger partial charge in [-0.1, -0.05) is 0 Å². The van der Waals surface area contributed by atoms with E-state index in [0.29, 0.717) is 28.3 Å². The van der Waals surface area contributed by atoms with Crippen LogP contribution in [0.1, 0.15) is 44.8 Å². The quantitative estimate of drug-likeness (QED) is 0.651. The number of hydrogen-bond donors (Lipinski definition) is 1. The monoisotopic (exact) mass is 321 g/mol. The molecule has 0 aliphatic carbocycles. The number of esters is 1. The lowest BCUT2D eigenvalue weighted by Gasteiger charge is -2.09. The number of furan rings is 1. The van der Waals surface area contributed by atoms with Gasteiger partial charge in [-0.05, 0) is 38.5 Å². The van der Waals surface area contributed by atoms with Crippen molar-refractivity contribution in [3.8, 4) is 0 Å². The number of methoxy groups -OCH3 is 1. The summed E-state index contributed by atoms with van der Waals surface area (Å²) >= 11 is 1.50. The van der Waals surface area contributed by atoms with Gasteiger partial charge in [0.05, 0.1) is 35.6 Å². The minimum absolute atomic E-state index is 0.0349. The Morgan fingerprint density at radius 1 is 1.41 bits per heavy atom. The average Bonchev–Trinajstić information content (AvgIpc) is 3.11. The lowest BCUT2D eigenvalue weighted by Crippen LogP contribution is -2.15. The molecule has 5 nitrogen and oxygen atoms in total. The van der Waals surface area contributed by atoms with E-state index in [9.17, 15) is 9.59 Å². The first kappa shape index (κ1) is 16.4. The van der Waals surface area contributed by atoms with Crippen molar-refractivity contribution >= 4 is 23.5 Å². The number of rotatable bonds is 6. The molecule has 1 unspecified atom stereocenters. The van der Waals surface area contributed by atoms with E-state index in [1.54, 1.807) is 20.1 Å². The summed E-state index contributed by atoms with van der Waals surface area (Å²) in [6, 6.07) is 3.70. The summed E-state index contributed by atoms with van der Waals surface area (Å²) in [5.74, 6) is 0.996. The Kier molecular flexibility index (Phi) is 5.13. The number of nitrogens with one attached hydrogen (secondary N) is 1. The normalized spacial score (nSPS) is 12.2. The van der Waals surface area contributed by atoms with Gasteiger partial charge in [0, 0.05) is 5.69 Å². The fourth-order valence-electron chi connectivity index (χ4n) is 2.29. The predicted octanol–water partition coefficient (Wildman–Crippen LogP) is 3.52. The van der Waals surface area contributed by atoms with Crippen molar-refractivity contribution in [3.05, 3.63) is 46.7 Å². The van der Waals surface area contributed by atoms with E-state index in [4.69, 9.17) is 9.15 Å². The van der Waals surface area contributed by atoms with Crippen molar-refractivity contribution in [1.29, 1.82) is 0 Å². The van der Waals surface area contributed by atoms with Crippen molar-refractivity contribution in [1.82, 2.24) is 4.98 Å². The molecule has 0 saturated heterocycles. The van der Waals surface area contributed by atoms with E-state index >= 15 is 0 Å². The first-order chi connectivity index (χ1) is 10.5. The third-order valence-electron chi connectivity index (χ3n) is 3.50. The van der Waals surface area contributed by atoms with E-state index < -0.39 is 5.97 Å². The Morgan fingerprint density at radius 3 is 2.73 bits per heavy atom. The molecule has 0 radical (unpaired) electrons. The van der Waals surface area contributed by atoms with Crippen LogP contribution in [-0.4, -0.2) is 29.1 Å². The van der Waals surface area contributed by atoms with E-state index in [1.807, 2.05) is 19.1 Å². The Hall–Kier alpha value is -1.95. The standard InChI is InChI=1S/C16H19NO4S/c1-9-13(16(19)20-4)10(2)17-14(9)15(18)11(3)22-8-12-6-5-7-21-12/h5-7,11,17H,8H2,1-4H3. The lowest BCUT2D eigenvalue weighted by atomic mass is 10.1. The molecule has 0 aliphatic rings. The maximum Gasteiger partial charge on any atom is 0.339 e. The number of Topliss-reactive ketones (excluding diaryl/α,β-unsaturated/α-hetero) is 1. The molecule has 0 spiro atoms. The number of aromatic nitrogens is 1. The predicted molar refractivity (Wildman–Crippen MR) is 85.4 cm³/mol. The van der Waals surface area contributed by atoms with Crippen LogP contribution in [0.2, 0.25) is 0 Å². The number of hydrogen-bond acceptors (Lipinski definition) is 5. The van der Waals surface area contributed by atoms with Crippen molar-refractivity contribution in [3.63, 3.8) is 0 Å². The van der Waals surface area contributed by atoms with Crippen molar-refractivity contribution in [2.24, 2.45) is 0 Å².